The Morgan fingerprint density at radius 2 is 2.16 bits per heavy atom. The van der Waals surface area contributed by atoms with E-state index in [1.807, 2.05) is 25.1 Å². The summed E-state index contributed by atoms with van der Waals surface area (Å²) < 4.78 is 0. The number of aryl methyl sites for hydroxylation is 1. The van der Waals surface area contributed by atoms with Crippen molar-refractivity contribution in [1.82, 2.24) is 5.32 Å². The van der Waals surface area contributed by atoms with Crippen molar-refractivity contribution in [1.29, 1.82) is 0 Å². The number of hydrogen-bond acceptors (Lipinski definition) is 2. The molecule has 0 radical (unpaired) electrons. The van der Waals surface area contributed by atoms with Gasteiger partial charge < -0.3 is 10.6 Å². The molecule has 0 heterocycles. The minimum absolute atomic E-state index is 0.0395. The minimum Gasteiger partial charge on any atom is -0.384 e. The molecule has 0 aliphatic heterocycles. The fraction of sp³-hybridized carbons (Fsp3) is 0.562. The highest BCUT2D eigenvalue weighted by molar-refractivity contribution is 5.99. The van der Waals surface area contributed by atoms with Crippen LogP contribution in [0, 0.1) is 18.8 Å². The predicted molar refractivity (Wildman–Crippen MR) is 79.6 cm³/mol. The first-order chi connectivity index (χ1) is 9.11. The molecule has 2 N–H and O–H groups in total. The Balaban J connectivity index is 2.02. The smallest absolute Gasteiger partial charge is 0.253 e. The van der Waals surface area contributed by atoms with Crippen LogP contribution in [0.25, 0.3) is 0 Å². The molecule has 1 aliphatic rings. The lowest BCUT2D eigenvalue weighted by Gasteiger charge is -2.12. The summed E-state index contributed by atoms with van der Waals surface area (Å²) in [5.41, 5.74) is 2.88. The minimum atomic E-state index is 0.0395. The number of benzene rings is 1. The normalized spacial score (nSPS) is 21.0. The lowest BCUT2D eigenvalue weighted by molar-refractivity contribution is 0.0952. The second-order valence-electron chi connectivity index (χ2n) is 5.66. The summed E-state index contributed by atoms with van der Waals surface area (Å²) in [6.45, 7) is 8.10. The highest BCUT2D eigenvalue weighted by Gasteiger charge is 2.32. The fourth-order valence-electron chi connectivity index (χ4n) is 2.26. The Hall–Kier alpha value is -1.51. The second-order valence-corrected chi connectivity index (χ2v) is 5.66. The molecule has 2 atom stereocenters. The molecule has 1 aliphatic carbocycles. The molecule has 1 saturated carbocycles. The third-order valence-electron chi connectivity index (χ3n) is 3.79. The number of hydrogen-bond donors (Lipinski definition) is 2. The predicted octanol–water partition coefficient (Wildman–Crippen LogP) is 3.20. The van der Waals surface area contributed by atoms with Gasteiger partial charge in [-0.1, -0.05) is 19.9 Å². The van der Waals surface area contributed by atoms with Crippen LogP contribution in [-0.2, 0) is 0 Å². The van der Waals surface area contributed by atoms with E-state index in [0.29, 0.717) is 5.92 Å². The fourth-order valence-corrected chi connectivity index (χ4v) is 2.26. The molecule has 0 saturated heterocycles. The van der Waals surface area contributed by atoms with Crippen molar-refractivity contribution in [3.63, 3.8) is 0 Å². The van der Waals surface area contributed by atoms with E-state index in [0.717, 1.165) is 36.7 Å². The van der Waals surface area contributed by atoms with Gasteiger partial charge >= 0.3 is 0 Å². The molecule has 2 rings (SSSR count). The summed E-state index contributed by atoms with van der Waals surface area (Å²) in [5, 5.41) is 6.38. The van der Waals surface area contributed by atoms with E-state index in [2.05, 4.69) is 24.5 Å². The molecule has 3 heteroatoms. The van der Waals surface area contributed by atoms with Crippen molar-refractivity contribution in [3.8, 4) is 0 Å². The van der Waals surface area contributed by atoms with Crippen molar-refractivity contribution >= 4 is 11.6 Å². The van der Waals surface area contributed by atoms with Gasteiger partial charge in [0, 0.05) is 18.8 Å². The van der Waals surface area contributed by atoms with Crippen molar-refractivity contribution in [2.75, 3.05) is 18.4 Å². The largest absolute Gasteiger partial charge is 0.384 e. The third kappa shape index (κ3) is 3.72. The first kappa shape index (κ1) is 13.9. The molecule has 0 spiro atoms. The number of amides is 1. The number of nitrogens with one attached hydrogen (secondary N) is 2. The Kier molecular flexibility index (Phi) is 4.46. The van der Waals surface area contributed by atoms with Crippen LogP contribution < -0.4 is 10.6 Å². The highest BCUT2D eigenvalue weighted by Crippen LogP contribution is 2.36. The molecular formula is C16H24N2O. The van der Waals surface area contributed by atoms with Crippen molar-refractivity contribution in [3.05, 3.63) is 29.3 Å². The number of carbonyl (C=O) groups is 1. The van der Waals surface area contributed by atoms with Crippen LogP contribution in [0.1, 0.15) is 42.6 Å². The van der Waals surface area contributed by atoms with E-state index >= 15 is 0 Å². The zero-order valence-corrected chi connectivity index (χ0v) is 12.1. The van der Waals surface area contributed by atoms with Crippen LogP contribution >= 0.6 is 0 Å². The van der Waals surface area contributed by atoms with Gasteiger partial charge in [-0.2, -0.15) is 0 Å². The van der Waals surface area contributed by atoms with Gasteiger partial charge in [-0.05, 0) is 49.3 Å². The van der Waals surface area contributed by atoms with Crippen molar-refractivity contribution < 1.29 is 4.79 Å². The van der Waals surface area contributed by atoms with E-state index in [-0.39, 0.29) is 5.91 Å². The number of carbonyl (C=O) groups excluding carboxylic acids is 1. The van der Waals surface area contributed by atoms with Crippen LogP contribution in [0.3, 0.4) is 0 Å². The van der Waals surface area contributed by atoms with Gasteiger partial charge in [0.1, 0.15) is 0 Å². The van der Waals surface area contributed by atoms with Gasteiger partial charge in [0.25, 0.3) is 5.91 Å². The molecule has 1 aromatic carbocycles. The van der Waals surface area contributed by atoms with Crippen molar-refractivity contribution in [2.45, 2.75) is 33.6 Å². The maximum absolute atomic E-state index is 12.2. The zero-order chi connectivity index (χ0) is 13.8. The SMILES string of the molecule is CCCNc1cc(C)ccc1C(=O)NCC1CC1C. The molecule has 1 aromatic rings. The van der Waals surface area contributed by atoms with Crippen LogP contribution in [0.4, 0.5) is 5.69 Å². The molecule has 0 bridgehead atoms. The monoisotopic (exact) mass is 260 g/mol. The maximum atomic E-state index is 12.2. The molecular weight excluding hydrogens is 236 g/mol. The van der Waals surface area contributed by atoms with Crippen LogP contribution in [0.2, 0.25) is 0 Å². The average Bonchev–Trinajstić information content (AvgIpc) is 3.09. The molecule has 0 aromatic heterocycles. The summed E-state index contributed by atoms with van der Waals surface area (Å²) in [6.07, 6.45) is 2.30. The first-order valence-corrected chi connectivity index (χ1v) is 7.24. The summed E-state index contributed by atoms with van der Waals surface area (Å²) >= 11 is 0. The second kappa shape index (κ2) is 6.09. The summed E-state index contributed by atoms with van der Waals surface area (Å²) in [6, 6.07) is 5.95. The Bertz CT molecular complexity index is 456. The Labute approximate surface area is 115 Å². The molecule has 104 valence electrons. The maximum Gasteiger partial charge on any atom is 0.253 e. The molecule has 1 fully saturated rings. The van der Waals surface area contributed by atoms with Crippen molar-refractivity contribution in [2.24, 2.45) is 11.8 Å². The number of anilines is 1. The molecule has 3 nitrogen and oxygen atoms in total. The van der Waals surface area contributed by atoms with Crippen LogP contribution in [-0.4, -0.2) is 19.0 Å². The van der Waals surface area contributed by atoms with E-state index in [1.165, 1.54) is 12.0 Å². The van der Waals surface area contributed by atoms with Gasteiger partial charge in [-0.25, -0.2) is 0 Å². The summed E-state index contributed by atoms with van der Waals surface area (Å²) in [5.74, 6) is 1.50. The first-order valence-electron chi connectivity index (χ1n) is 7.24. The molecule has 1 amide bonds. The van der Waals surface area contributed by atoms with E-state index in [4.69, 9.17) is 0 Å². The van der Waals surface area contributed by atoms with Crippen LogP contribution in [0.15, 0.2) is 18.2 Å². The summed E-state index contributed by atoms with van der Waals surface area (Å²) in [7, 11) is 0. The van der Waals surface area contributed by atoms with E-state index in [1.54, 1.807) is 0 Å². The van der Waals surface area contributed by atoms with Gasteiger partial charge in [-0.15, -0.1) is 0 Å². The number of rotatable bonds is 6. The summed E-state index contributed by atoms with van der Waals surface area (Å²) in [4.78, 5) is 12.2. The Morgan fingerprint density at radius 3 is 2.79 bits per heavy atom. The quantitative estimate of drug-likeness (QED) is 0.824. The average molecular weight is 260 g/mol. The topological polar surface area (TPSA) is 41.1 Å². The lowest BCUT2D eigenvalue weighted by Crippen LogP contribution is -2.26. The Morgan fingerprint density at radius 1 is 1.42 bits per heavy atom. The van der Waals surface area contributed by atoms with Gasteiger partial charge in [-0.3, -0.25) is 4.79 Å². The molecule has 2 unspecified atom stereocenters. The molecule has 19 heavy (non-hydrogen) atoms. The van der Waals surface area contributed by atoms with Crippen LogP contribution in [0.5, 0.6) is 0 Å². The van der Waals surface area contributed by atoms with Gasteiger partial charge in [0.05, 0.1) is 5.56 Å². The van der Waals surface area contributed by atoms with E-state index < -0.39 is 0 Å². The zero-order valence-electron chi connectivity index (χ0n) is 12.1. The van der Waals surface area contributed by atoms with E-state index in [9.17, 15) is 4.79 Å². The highest BCUT2D eigenvalue weighted by atomic mass is 16.1. The third-order valence-corrected chi connectivity index (χ3v) is 3.79. The van der Waals surface area contributed by atoms with Gasteiger partial charge in [0.15, 0.2) is 0 Å². The lowest BCUT2D eigenvalue weighted by atomic mass is 10.1. The standard InChI is InChI=1S/C16H24N2O/c1-4-7-17-15-8-11(2)5-6-14(15)16(19)18-10-13-9-12(13)3/h5-6,8,12-13,17H,4,7,9-10H2,1-3H3,(H,18,19). The van der Waals surface area contributed by atoms with Gasteiger partial charge in [0.2, 0.25) is 0 Å².